The highest BCUT2D eigenvalue weighted by Gasteiger charge is 2.22. The van der Waals surface area contributed by atoms with Crippen molar-refractivity contribution in [2.45, 2.75) is 11.3 Å². The molecule has 31 heavy (non-hydrogen) atoms. The van der Waals surface area contributed by atoms with E-state index in [2.05, 4.69) is 5.10 Å². The third-order valence-electron chi connectivity index (χ3n) is 4.63. The topological polar surface area (TPSA) is 69.0 Å². The number of carbonyl (C=O) groups excluding carboxylic acids is 1. The van der Waals surface area contributed by atoms with Crippen molar-refractivity contribution in [2.24, 2.45) is 0 Å². The maximum atomic E-state index is 14.1. The van der Waals surface area contributed by atoms with Gasteiger partial charge in [0.25, 0.3) is 10.0 Å². The van der Waals surface area contributed by atoms with Gasteiger partial charge in [0.2, 0.25) is 0 Å². The van der Waals surface area contributed by atoms with Gasteiger partial charge in [-0.2, -0.15) is 17.6 Å². The van der Waals surface area contributed by atoms with Crippen molar-refractivity contribution in [3.05, 3.63) is 92.8 Å². The molecule has 0 saturated heterocycles. The summed E-state index contributed by atoms with van der Waals surface area (Å²) in [4.78, 5) is 12.5. The molecule has 0 aliphatic heterocycles. The van der Waals surface area contributed by atoms with E-state index < -0.39 is 21.6 Å². The van der Waals surface area contributed by atoms with Gasteiger partial charge in [0, 0.05) is 11.8 Å². The number of fused-ring (bicyclic) bond motifs is 1. The lowest BCUT2D eigenvalue weighted by Gasteiger charge is -2.08. The van der Waals surface area contributed by atoms with Crippen LogP contribution in [0.25, 0.3) is 10.9 Å². The van der Waals surface area contributed by atoms with Crippen LogP contribution >= 0.6 is 34.8 Å². The molecule has 0 aliphatic rings. The Morgan fingerprint density at radius 1 is 0.968 bits per heavy atom. The van der Waals surface area contributed by atoms with Crippen LogP contribution in [0.15, 0.2) is 65.7 Å². The summed E-state index contributed by atoms with van der Waals surface area (Å²) in [5, 5.41) is 4.86. The lowest BCUT2D eigenvalue weighted by atomic mass is 10.0. The summed E-state index contributed by atoms with van der Waals surface area (Å²) >= 11 is 17.8. The van der Waals surface area contributed by atoms with Crippen molar-refractivity contribution in [1.29, 1.82) is 0 Å². The van der Waals surface area contributed by atoms with Crippen molar-refractivity contribution in [3.8, 4) is 0 Å². The predicted octanol–water partition coefficient (Wildman–Crippen LogP) is 5.80. The Bertz CT molecular complexity index is 1430. The van der Waals surface area contributed by atoms with Crippen molar-refractivity contribution < 1.29 is 17.6 Å². The van der Waals surface area contributed by atoms with Crippen LogP contribution in [0.4, 0.5) is 4.39 Å². The van der Waals surface area contributed by atoms with Crippen molar-refractivity contribution >= 4 is 61.5 Å². The lowest BCUT2D eigenvalue weighted by molar-refractivity contribution is 0.0989. The first-order valence-electron chi connectivity index (χ1n) is 8.83. The van der Waals surface area contributed by atoms with E-state index in [0.717, 1.165) is 10.2 Å². The molecule has 4 rings (SSSR count). The highest BCUT2D eigenvalue weighted by Crippen LogP contribution is 2.28. The Balaban J connectivity index is 1.74. The molecule has 0 atom stereocenters. The monoisotopic (exact) mass is 496 g/mol. The van der Waals surface area contributed by atoms with E-state index in [-0.39, 0.29) is 37.5 Å². The van der Waals surface area contributed by atoms with Gasteiger partial charge in [0.15, 0.2) is 5.78 Å². The van der Waals surface area contributed by atoms with E-state index >= 15 is 0 Å². The van der Waals surface area contributed by atoms with Gasteiger partial charge in [-0.3, -0.25) is 4.79 Å². The summed E-state index contributed by atoms with van der Waals surface area (Å²) in [5.74, 6) is -1.24. The van der Waals surface area contributed by atoms with Gasteiger partial charge in [0.1, 0.15) is 5.82 Å². The van der Waals surface area contributed by atoms with E-state index in [1.807, 2.05) is 0 Å². The van der Waals surface area contributed by atoms with Gasteiger partial charge in [-0.05, 0) is 42.0 Å². The molecule has 0 fully saturated rings. The molecule has 0 saturated carbocycles. The van der Waals surface area contributed by atoms with Gasteiger partial charge < -0.3 is 0 Å². The first-order chi connectivity index (χ1) is 14.7. The molecule has 4 aromatic rings. The van der Waals surface area contributed by atoms with Gasteiger partial charge in [0.05, 0.1) is 37.2 Å². The molecule has 158 valence electrons. The summed E-state index contributed by atoms with van der Waals surface area (Å²) in [5.41, 5.74) is 0.528. The number of hydrogen-bond donors (Lipinski definition) is 0. The minimum Gasteiger partial charge on any atom is -0.294 e. The number of aromatic nitrogens is 2. The largest absolute Gasteiger partial charge is 0.294 e. The molecule has 0 aliphatic carbocycles. The van der Waals surface area contributed by atoms with Crippen LogP contribution in [0.3, 0.4) is 0 Å². The average molecular weight is 498 g/mol. The summed E-state index contributed by atoms with van der Waals surface area (Å²) in [6.45, 7) is 0. The van der Waals surface area contributed by atoms with Gasteiger partial charge >= 0.3 is 0 Å². The maximum Gasteiger partial charge on any atom is 0.283 e. The fraction of sp³-hybridized carbons (Fsp3) is 0.0476. The molecule has 1 heterocycles. The van der Waals surface area contributed by atoms with Crippen molar-refractivity contribution in [1.82, 2.24) is 9.19 Å². The van der Waals surface area contributed by atoms with Gasteiger partial charge in [-0.25, -0.2) is 4.39 Å². The summed E-state index contributed by atoms with van der Waals surface area (Å²) in [6, 6.07) is 12.7. The number of ketones is 1. The number of hydrogen-bond acceptors (Lipinski definition) is 4. The van der Waals surface area contributed by atoms with E-state index in [1.165, 1.54) is 42.6 Å². The van der Waals surface area contributed by atoms with Crippen molar-refractivity contribution in [2.75, 3.05) is 0 Å². The zero-order valence-corrected chi connectivity index (χ0v) is 18.6. The number of Topliss-reactive ketones (excluding diaryl/α,β-unsaturated/α-hetero) is 1. The average Bonchev–Trinajstić information content (AvgIpc) is 3.14. The van der Waals surface area contributed by atoms with Crippen LogP contribution in [-0.4, -0.2) is 23.4 Å². The molecule has 0 unspecified atom stereocenters. The Morgan fingerprint density at radius 2 is 1.74 bits per heavy atom. The fourth-order valence-electron chi connectivity index (χ4n) is 3.12. The van der Waals surface area contributed by atoms with Gasteiger partial charge in [-0.15, -0.1) is 0 Å². The predicted molar refractivity (Wildman–Crippen MR) is 118 cm³/mol. The summed E-state index contributed by atoms with van der Waals surface area (Å²) in [6.07, 6.45) is 1.22. The van der Waals surface area contributed by atoms with E-state index in [4.69, 9.17) is 34.8 Å². The Hall–Kier alpha value is -2.45. The number of benzene rings is 3. The SMILES string of the molecule is O=C(Cc1ccc2cnn(S(=O)(=O)c3ccc(Cl)c(Cl)c3)c2c1)c1c(F)cccc1Cl. The Morgan fingerprint density at radius 3 is 2.45 bits per heavy atom. The number of carbonyl (C=O) groups is 1. The summed E-state index contributed by atoms with van der Waals surface area (Å²) < 4.78 is 41.1. The zero-order valence-electron chi connectivity index (χ0n) is 15.5. The fourth-order valence-corrected chi connectivity index (χ4v) is 5.04. The van der Waals surface area contributed by atoms with Crippen LogP contribution in [-0.2, 0) is 16.4 Å². The van der Waals surface area contributed by atoms with Crippen LogP contribution in [0.1, 0.15) is 15.9 Å². The minimum atomic E-state index is -4.08. The standard InChI is InChI=1S/C21H12Cl3FN2O3S/c22-15-7-6-14(10-17(15)24)31(29,30)27-19-8-12(4-5-13(19)11-26-27)9-20(28)21-16(23)2-1-3-18(21)25/h1-8,10-11H,9H2. The normalized spacial score (nSPS) is 11.7. The quantitative estimate of drug-likeness (QED) is 0.327. The highest BCUT2D eigenvalue weighted by molar-refractivity contribution is 7.90. The van der Waals surface area contributed by atoms with Crippen LogP contribution < -0.4 is 0 Å². The molecule has 0 spiro atoms. The molecule has 0 N–H and O–H groups in total. The second kappa shape index (κ2) is 8.24. The molecular formula is C21H12Cl3FN2O3S. The van der Waals surface area contributed by atoms with Crippen LogP contribution in [0, 0.1) is 5.82 Å². The zero-order chi connectivity index (χ0) is 22.3. The van der Waals surface area contributed by atoms with E-state index in [9.17, 15) is 17.6 Å². The molecule has 5 nitrogen and oxygen atoms in total. The smallest absolute Gasteiger partial charge is 0.283 e. The molecular weight excluding hydrogens is 486 g/mol. The summed E-state index contributed by atoms with van der Waals surface area (Å²) in [7, 11) is -4.08. The van der Waals surface area contributed by atoms with E-state index in [1.54, 1.807) is 12.1 Å². The first kappa shape index (κ1) is 21.8. The molecule has 10 heteroatoms. The van der Waals surface area contributed by atoms with E-state index in [0.29, 0.717) is 10.9 Å². The third-order valence-corrected chi connectivity index (χ3v) is 7.28. The lowest BCUT2D eigenvalue weighted by Crippen LogP contribution is -2.14. The molecule has 0 bridgehead atoms. The third kappa shape index (κ3) is 4.06. The maximum absolute atomic E-state index is 14.1. The van der Waals surface area contributed by atoms with Gasteiger partial charge in [-0.1, -0.05) is 53.0 Å². The van der Waals surface area contributed by atoms with Crippen LogP contribution in [0.2, 0.25) is 15.1 Å². The number of rotatable bonds is 5. The Kier molecular flexibility index (Phi) is 5.79. The van der Waals surface area contributed by atoms with Crippen molar-refractivity contribution in [3.63, 3.8) is 0 Å². The molecule has 1 aromatic heterocycles. The Labute approximate surface area is 192 Å². The second-order valence-corrected chi connectivity index (χ2v) is 9.65. The van der Waals surface area contributed by atoms with Crippen LogP contribution in [0.5, 0.6) is 0 Å². The number of halogens is 4. The number of nitrogens with zero attached hydrogens (tertiary/aromatic N) is 2. The molecule has 0 radical (unpaired) electrons. The molecule has 3 aromatic carbocycles. The minimum absolute atomic E-state index is 0.0123. The highest BCUT2D eigenvalue weighted by atomic mass is 35.5. The second-order valence-electron chi connectivity index (χ2n) is 6.66. The first-order valence-corrected chi connectivity index (χ1v) is 11.4. The molecule has 0 amide bonds.